The van der Waals surface area contributed by atoms with Gasteiger partial charge in [-0.2, -0.15) is 0 Å². The second-order valence-corrected chi connectivity index (χ2v) is 8.65. The normalized spacial score (nSPS) is 10.6. The fourth-order valence-corrected chi connectivity index (χ4v) is 4.32. The first kappa shape index (κ1) is 19.5. The highest BCUT2D eigenvalue weighted by Crippen LogP contribution is 2.35. The van der Waals surface area contributed by atoms with Gasteiger partial charge in [-0.3, -0.25) is 0 Å². The molecule has 0 amide bonds. The number of aryl methyl sites for hydroxylation is 1. The van der Waals surface area contributed by atoms with Crippen molar-refractivity contribution in [1.29, 1.82) is 0 Å². The number of halogens is 3. The van der Waals surface area contributed by atoms with Gasteiger partial charge in [-0.05, 0) is 91.9 Å². The van der Waals surface area contributed by atoms with Crippen molar-refractivity contribution in [3.05, 3.63) is 90.8 Å². The van der Waals surface area contributed by atoms with Crippen LogP contribution < -0.4 is 10.1 Å². The Balaban J connectivity index is 1.66. The highest BCUT2D eigenvalue weighted by Gasteiger charge is 2.10. The zero-order chi connectivity index (χ0) is 18.5. The van der Waals surface area contributed by atoms with Gasteiger partial charge in [0.15, 0.2) is 0 Å². The maximum Gasteiger partial charge on any atom is 0.148 e. The van der Waals surface area contributed by atoms with Crippen LogP contribution in [0.4, 0.5) is 5.69 Å². The van der Waals surface area contributed by atoms with Crippen LogP contribution in [0.25, 0.3) is 0 Å². The molecule has 2 nitrogen and oxygen atoms in total. The summed E-state index contributed by atoms with van der Waals surface area (Å²) in [4.78, 5) is 0. The van der Waals surface area contributed by atoms with Crippen molar-refractivity contribution in [1.82, 2.24) is 0 Å². The lowest BCUT2D eigenvalue weighted by Crippen LogP contribution is -2.01. The van der Waals surface area contributed by atoms with E-state index in [4.69, 9.17) is 4.74 Å². The number of benzene rings is 3. The molecule has 1 N–H and O–H groups in total. The molecule has 0 aromatic heterocycles. The Morgan fingerprint density at radius 3 is 2.19 bits per heavy atom. The smallest absolute Gasteiger partial charge is 0.148 e. The minimum Gasteiger partial charge on any atom is -0.487 e. The van der Waals surface area contributed by atoms with Crippen molar-refractivity contribution >= 4 is 53.5 Å². The first-order valence-corrected chi connectivity index (χ1v) is 10.5. The van der Waals surface area contributed by atoms with E-state index in [0.717, 1.165) is 37.0 Å². The number of hydrogen-bond donors (Lipinski definition) is 1. The molecule has 0 heterocycles. The molecule has 0 saturated heterocycles. The number of hydrogen-bond acceptors (Lipinski definition) is 2. The molecule has 3 rings (SSSR count). The predicted molar refractivity (Wildman–Crippen MR) is 119 cm³/mol. The van der Waals surface area contributed by atoms with Gasteiger partial charge in [0.05, 0.1) is 8.95 Å². The summed E-state index contributed by atoms with van der Waals surface area (Å²) < 4.78 is 8.93. The Morgan fingerprint density at radius 1 is 0.846 bits per heavy atom. The molecule has 0 fully saturated rings. The lowest BCUT2D eigenvalue weighted by Gasteiger charge is -2.13. The molecule has 3 aromatic carbocycles. The quantitative estimate of drug-likeness (QED) is 0.351. The molecule has 5 heteroatoms. The number of nitrogens with one attached hydrogen (secondary N) is 1. The van der Waals surface area contributed by atoms with E-state index in [-0.39, 0.29) is 0 Å². The average molecular weight is 540 g/mol. The van der Waals surface area contributed by atoms with Crippen molar-refractivity contribution in [3.8, 4) is 5.75 Å². The molecule has 0 bridgehead atoms. The summed E-state index contributed by atoms with van der Waals surface area (Å²) in [6.45, 7) is 3.36. The van der Waals surface area contributed by atoms with Crippen LogP contribution in [0, 0.1) is 6.92 Å². The molecule has 26 heavy (non-hydrogen) atoms. The van der Waals surface area contributed by atoms with Crippen molar-refractivity contribution in [2.75, 3.05) is 5.32 Å². The van der Waals surface area contributed by atoms with E-state index >= 15 is 0 Å². The van der Waals surface area contributed by atoms with Crippen LogP contribution in [0.1, 0.15) is 16.7 Å². The zero-order valence-corrected chi connectivity index (χ0v) is 19.0. The Morgan fingerprint density at radius 2 is 1.54 bits per heavy atom. The molecule has 0 aliphatic rings. The number of ether oxygens (including phenoxy) is 1. The van der Waals surface area contributed by atoms with Crippen LogP contribution in [-0.4, -0.2) is 0 Å². The third kappa shape index (κ3) is 5.35. The third-order valence-corrected chi connectivity index (χ3v) is 5.58. The van der Waals surface area contributed by atoms with Gasteiger partial charge < -0.3 is 10.1 Å². The summed E-state index contributed by atoms with van der Waals surface area (Å²) in [5.41, 5.74) is 4.65. The van der Waals surface area contributed by atoms with E-state index in [1.807, 2.05) is 24.3 Å². The zero-order valence-electron chi connectivity index (χ0n) is 14.2. The Labute approximate surface area is 179 Å². The van der Waals surface area contributed by atoms with Gasteiger partial charge in [-0.25, -0.2) is 0 Å². The molecule has 0 atom stereocenters. The lowest BCUT2D eigenvalue weighted by atomic mass is 10.2. The van der Waals surface area contributed by atoms with Crippen LogP contribution in [-0.2, 0) is 13.2 Å². The maximum absolute atomic E-state index is 6.00. The van der Waals surface area contributed by atoms with Gasteiger partial charge in [-0.15, -0.1) is 0 Å². The summed E-state index contributed by atoms with van der Waals surface area (Å²) in [7, 11) is 0. The van der Waals surface area contributed by atoms with E-state index in [0.29, 0.717) is 6.61 Å². The predicted octanol–water partition coefficient (Wildman–Crippen LogP) is 7.47. The summed E-state index contributed by atoms with van der Waals surface area (Å²) in [6, 6.07) is 20.7. The molecule has 0 unspecified atom stereocenters. The molecule has 0 aliphatic heterocycles. The third-order valence-electron chi connectivity index (χ3n) is 3.87. The highest BCUT2D eigenvalue weighted by atomic mass is 79.9. The largest absolute Gasteiger partial charge is 0.487 e. The fraction of sp³-hybridized carbons (Fsp3) is 0.143. The number of anilines is 1. The van der Waals surface area contributed by atoms with E-state index in [1.54, 1.807) is 0 Å². The summed E-state index contributed by atoms with van der Waals surface area (Å²) in [5, 5.41) is 3.45. The van der Waals surface area contributed by atoms with E-state index in [9.17, 15) is 0 Å². The first-order valence-electron chi connectivity index (χ1n) is 8.17. The van der Waals surface area contributed by atoms with Crippen LogP contribution >= 0.6 is 47.8 Å². The van der Waals surface area contributed by atoms with Gasteiger partial charge in [0.1, 0.15) is 12.4 Å². The summed E-state index contributed by atoms with van der Waals surface area (Å²) in [6.07, 6.45) is 0. The van der Waals surface area contributed by atoms with Gasteiger partial charge in [0, 0.05) is 16.7 Å². The fourth-order valence-electron chi connectivity index (χ4n) is 2.55. The van der Waals surface area contributed by atoms with E-state index < -0.39 is 0 Å². The van der Waals surface area contributed by atoms with Crippen LogP contribution in [0.3, 0.4) is 0 Å². The molecule has 0 radical (unpaired) electrons. The molecule has 0 spiro atoms. The maximum atomic E-state index is 6.00. The van der Waals surface area contributed by atoms with Crippen LogP contribution in [0.15, 0.2) is 74.1 Å². The second kappa shape index (κ2) is 9.07. The van der Waals surface area contributed by atoms with E-state index in [1.165, 1.54) is 11.1 Å². The topological polar surface area (TPSA) is 21.3 Å². The Bertz CT molecular complexity index is 871. The van der Waals surface area contributed by atoms with Gasteiger partial charge >= 0.3 is 0 Å². The second-order valence-electron chi connectivity index (χ2n) is 6.03. The van der Waals surface area contributed by atoms with Crippen molar-refractivity contribution in [2.45, 2.75) is 20.1 Å². The van der Waals surface area contributed by atoms with Crippen LogP contribution in [0.5, 0.6) is 5.75 Å². The van der Waals surface area contributed by atoms with E-state index in [2.05, 4.69) is 96.4 Å². The molecule has 3 aromatic rings. The van der Waals surface area contributed by atoms with Crippen LogP contribution in [0.2, 0.25) is 0 Å². The first-order chi connectivity index (χ1) is 12.5. The monoisotopic (exact) mass is 537 g/mol. The molecule has 134 valence electrons. The molecular formula is C21H18Br3NO. The minimum absolute atomic E-state index is 0.519. The molecule has 0 aliphatic carbocycles. The minimum atomic E-state index is 0.519. The summed E-state index contributed by atoms with van der Waals surface area (Å²) >= 11 is 10.7. The Kier molecular flexibility index (Phi) is 6.79. The van der Waals surface area contributed by atoms with Crippen molar-refractivity contribution in [2.24, 2.45) is 0 Å². The van der Waals surface area contributed by atoms with Gasteiger partial charge in [-0.1, -0.05) is 40.2 Å². The number of rotatable bonds is 6. The Hall–Kier alpha value is -1.30. The highest BCUT2D eigenvalue weighted by molar-refractivity contribution is 9.11. The lowest BCUT2D eigenvalue weighted by molar-refractivity contribution is 0.302. The molecule has 0 saturated carbocycles. The summed E-state index contributed by atoms with van der Waals surface area (Å²) in [5.74, 6) is 0.812. The van der Waals surface area contributed by atoms with Gasteiger partial charge in [0.25, 0.3) is 0 Å². The standard InChI is InChI=1S/C21H18Br3NO/c1-14-3-2-4-18(9-14)25-12-16-10-19(23)21(20(24)11-16)26-13-15-5-7-17(22)8-6-15/h2-11,25H,12-13H2,1H3. The average Bonchev–Trinajstić information content (AvgIpc) is 2.61. The van der Waals surface area contributed by atoms with Gasteiger partial charge in [0.2, 0.25) is 0 Å². The SMILES string of the molecule is Cc1cccc(NCc2cc(Br)c(OCc3ccc(Br)cc3)c(Br)c2)c1. The van der Waals surface area contributed by atoms with Crippen molar-refractivity contribution in [3.63, 3.8) is 0 Å². The van der Waals surface area contributed by atoms with Crippen molar-refractivity contribution < 1.29 is 4.74 Å². The molecular weight excluding hydrogens is 522 g/mol.